The Morgan fingerprint density at radius 2 is 0.944 bits per heavy atom. The van der Waals surface area contributed by atoms with Crippen molar-refractivity contribution in [3.8, 4) is 11.8 Å². The number of benzene rings is 2. The molecule has 0 aliphatic carbocycles. The van der Waals surface area contributed by atoms with E-state index >= 15 is 0 Å². The largest absolute Gasteiger partial charge is 0.478 e. The summed E-state index contributed by atoms with van der Waals surface area (Å²) in [5.74, 6) is 1.30. The molecule has 1 heterocycles. The maximum Gasteiger partial charge on any atom is 0.216 e. The number of hydrogen-bond acceptors (Lipinski definition) is 3. The first-order chi connectivity index (χ1) is 17.8. The number of nitrogens with zero attached hydrogens (tertiary/aromatic N) is 1. The molecule has 0 N–H and O–H groups in total. The van der Waals surface area contributed by atoms with E-state index in [4.69, 9.17) is 9.47 Å². The van der Waals surface area contributed by atoms with Gasteiger partial charge in [0.15, 0.2) is 0 Å². The fourth-order valence-electron chi connectivity index (χ4n) is 4.12. The van der Waals surface area contributed by atoms with Crippen LogP contribution < -0.4 is 9.47 Å². The lowest BCUT2D eigenvalue weighted by molar-refractivity contribution is 0.269. The molecule has 0 aliphatic rings. The lowest BCUT2D eigenvalue weighted by Gasteiger charge is -2.09. The van der Waals surface area contributed by atoms with E-state index in [-0.39, 0.29) is 0 Å². The molecule has 2 aromatic carbocycles. The first kappa shape index (κ1) is 27.3. The first-order valence-corrected chi connectivity index (χ1v) is 13.4. The molecule has 190 valence electrons. The highest BCUT2D eigenvalue weighted by atomic mass is 16.5. The highest BCUT2D eigenvalue weighted by Gasteiger charge is 2.01. The summed E-state index contributed by atoms with van der Waals surface area (Å²) in [6, 6.07) is 23.1. The molecule has 0 aliphatic heterocycles. The topological polar surface area (TPSA) is 31.4 Å². The second-order valence-corrected chi connectivity index (χ2v) is 9.23. The van der Waals surface area contributed by atoms with Crippen LogP contribution in [0.4, 0.5) is 0 Å². The Morgan fingerprint density at radius 3 is 1.36 bits per heavy atom. The van der Waals surface area contributed by atoms with Crippen LogP contribution in [-0.4, -0.2) is 18.2 Å². The highest BCUT2D eigenvalue weighted by molar-refractivity contribution is 5.47. The van der Waals surface area contributed by atoms with E-state index in [1.807, 2.05) is 30.4 Å². The van der Waals surface area contributed by atoms with Gasteiger partial charge in [0.05, 0.1) is 13.2 Å². The number of ether oxygens (including phenoxy) is 2. The summed E-state index contributed by atoms with van der Waals surface area (Å²) >= 11 is 0. The highest BCUT2D eigenvalue weighted by Crippen LogP contribution is 2.16. The van der Waals surface area contributed by atoms with Crippen molar-refractivity contribution >= 4 is 12.2 Å². The second-order valence-electron chi connectivity index (χ2n) is 9.23. The monoisotopic (exact) mass is 483 g/mol. The van der Waals surface area contributed by atoms with E-state index in [2.05, 4.69) is 66.7 Å². The SMILES string of the molecule is C=Cc1ccc(CCCCCCOc2cccc(OCCCCCCc3ccc(C=C)cc3)n2)cc1. The lowest BCUT2D eigenvalue weighted by Crippen LogP contribution is -2.02. The van der Waals surface area contributed by atoms with E-state index in [0.29, 0.717) is 25.0 Å². The van der Waals surface area contributed by atoms with Gasteiger partial charge in [0, 0.05) is 12.1 Å². The standard InChI is InChI=1S/C33H41NO2/c1-3-28-18-22-30(23-19-28)14-9-5-7-11-26-35-32-16-13-17-33(34-32)36-27-12-8-6-10-15-31-24-20-29(4-2)21-25-31/h3-4,13,16-25H,1-2,5-12,14-15,26-27H2. The Hall–Kier alpha value is -3.33. The molecule has 3 rings (SSSR count). The Morgan fingerprint density at radius 1 is 0.528 bits per heavy atom. The van der Waals surface area contributed by atoms with Crippen molar-refractivity contribution in [2.45, 2.75) is 64.2 Å². The second kappa shape index (κ2) is 16.4. The van der Waals surface area contributed by atoms with E-state index in [1.54, 1.807) is 0 Å². The molecule has 0 atom stereocenters. The third kappa shape index (κ3) is 10.5. The molecule has 3 aromatic rings. The van der Waals surface area contributed by atoms with Crippen LogP contribution in [0.15, 0.2) is 79.9 Å². The molecule has 0 spiro atoms. The Labute approximate surface area is 217 Å². The van der Waals surface area contributed by atoms with Gasteiger partial charge in [-0.15, -0.1) is 0 Å². The van der Waals surface area contributed by atoms with Crippen LogP contribution in [-0.2, 0) is 12.8 Å². The summed E-state index contributed by atoms with van der Waals surface area (Å²) in [5.41, 5.74) is 5.15. The number of aryl methyl sites for hydroxylation is 2. The molecule has 0 bridgehead atoms. The van der Waals surface area contributed by atoms with Crippen LogP contribution in [0.2, 0.25) is 0 Å². The molecule has 0 saturated heterocycles. The number of pyridine rings is 1. The number of rotatable bonds is 18. The van der Waals surface area contributed by atoms with Gasteiger partial charge < -0.3 is 9.47 Å². The van der Waals surface area contributed by atoms with E-state index < -0.39 is 0 Å². The van der Waals surface area contributed by atoms with Crippen molar-refractivity contribution in [1.82, 2.24) is 4.98 Å². The molecule has 1 aromatic heterocycles. The Bertz CT molecular complexity index is 944. The van der Waals surface area contributed by atoms with Crippen molar-refractivity contribution < 1.29 is 9.47 Å². The van der Waals surface area contributed by atoms with Gasteiger partial charge in [-0.25, -0.2) is 0 Å². The molecule has 0 fully saturated rings. The molecular weight excluding hydrogens is 442 g/mol. The van der Waals surface area contributed by atoms with Crippen LogP contribution in [0, 0.1) is 0 Å². The zero-order chi connectivity index (χ0) is 25.3. The van der Waals surface area contributed by atoms with Gasteiger partial charge in [-0.05, 0) is 60.8 Å². The number of hydrogen-bond donors (Lipinski definition) is 0. The molecule has 0 saturated carbocycles. The maximum atomic E-state index is 5.85. The van der Waals surface area contributed by atoms with Crippen LogP contribution in [0.1, 0.15) is 73.6 Å². The predicted molar refractivity (Wildman–Crippen MR) is 153 cm³/mol. The summed E-state index contributed by atoms with van der Waals surface area (Å²) in [6.45, 7) is 9.00. The van der Waals surface area contributed by atoms with Gasteiger partial charge >= 0.3 is 0 Å². The predicted octanol–water partition coefficient (Wildman–Crippen LogP) is 8.73. The zero-order valence-corrected chi connectivity index (χ0v) is 21.7. The summed E-state index contributed by atoms with van der Waals surface area (Å²) in [5, 5.41) is 0. The fourth-order valence-corrected chi connectivity index (χ4v) is 4.12. The summed E-state index contributed by atoms with van der Waals surface area (Å²) in [4.78, 5) is 4.49. The molecule has 0 amide bonds. The fraction of sp³-hybridized carbons (Fsp3) is 0.364. The van der Waals surface area contributed by atoms with Crippen LogP contribution >= 0.6 is 0 Å². The molecule has 3 heteroatoms. The Kier molecular flexibility index (Phi) is 12.4. The van der Waals surface area contributed by atoms with Gasteiger partial charge in [-0.2, -0.15) is 4.98 Å². The van der Waals surface area contributed by atoms with Crippen molar-refractivity contribution in [3.63, 3.8) is 0 Å². The quantitative estimate of drug-likeness (QED) is 0.169. The summed E-state index contributed by atoms with van der Waals surface area (Å²) < 4.78 is 11.7. The van der Waals surface area contributed by atoms with Crippen LogP contribution in [0.25, 0.3) is 12.2 Å². The van der Waals surface area contributed by atoms with Gasteiger partial charge in [0.2, 0.25) is 11.8 Å². The van der Waals surface area contributed by atoms with Crippen molar-refractivity contribution in [2.75, 3.05) is 13.2 Å². The minimum absolute atomic E-state index is 0.650. The molecule has 36 heavy (non-hydrogen) atoms. The lowest BCUT2D eigenvalue weighted by atomic mass is 10.0. The summed E-state index contributed by atoms with van der Waals surface area (Å²) in [6.07, 6.45) is 15.3. The summed E-state index contributed by atoms with van der Waals surface area (Å²) in [7, 11) is 0. The average Bonchev–Trinajstić information content (AvgIpc) is 2.93. The van der Waals surface area contributed by atoms with E-state index in [0.717, 1.165) is 25.7 Å². The van der Waals surface area contributed by atoms with Gasteiger partial charge in [0.1, 0.15) is 0 Å². The van der Waals surface area contributed by atoms with Gasteiger partial charge in [-0.3, -0.25) is 0 Å². The smallest absolute Gasteiger partial charge is 0.216 e. The molecule has 0 unspecified atom stereocenters. The van der Waals surface area contributed by atoms with Crippen LogP contribution in [0.5, 0.6) is 11.8 Å². The van der Waals surface area contributed by atoms with Crippen molar-refractivity contribution in [3.05, 3.63) is 102 Å². The third-order valence-electron chi connectivity index (χ3n) is 6.35. The van der Waals surface area contributed by atoms with E-state index in [9.17, 15) is 0 Å². The average molecular weight is 484 g/mol. The molecular formula is C33H41NO2. The normalized spacial score (nSPS) is 10.7. The van der Waals surface area contributed by atoms with Gasteiger partial charge in [-0.1, -0.05) is 106 Å². The van der Waals surface area contributed by atoms with Crippen molar-refractivity contribution in [1.29, 1.82) is 0 Å². The van der Waals surface area contributed by atoms with E-state index in [1.165, 1.54) is 60.8 Å². The van der Waals surface area contributed by atoms with Crippen molar-refractivity contribution in [2.24, 2.45) is 0 Å². The number of unbranched alkanes of at least 4 members (excludes halogenated alkanes) is 6. The number of aromatic nitrogens is 1. The first-order valence-electron chi connectivity index (χ1n) is 13.4. The minimum Gasteiger partial charge on any atom is -0.478 e. The molecule has 0 radical (unpaired) electrons. The van der Waals surface area contributed by atoms with Crippen LogP contribution in [0.3, 0.4) is 0 Å². The zero-order valence-electron chi connectivity index (χ0n) is 21.7. The third-order valence-corrected chi connectivity index (χ3v) is 6.35. The molecule has 3 nitrogen and oxygen atoms in total. The maximum absolute atomic E-state index is 5.85. The Balaban J connectivity index is 1.19. The van der Waals surface area contributed by atoms with Gasteiger partial charge in [0.25, 0.3) is 0 Å². The minimum atomic E-state index is 0.650.